The molecule has 0 saturated carbocycles. The highest BCUT2D eigenvalue weighted by Gasteiger charge is 2.11. The molecule has 0 amide bonds. The van der Waals surface area contributed by atoms with Crippen LogP contribution in [0.4, 0.5) is 0 Å². The van der Waals surface area contributed by atoms with E-state index in [1.807, 2.05) is 24.3 Å². The quantitative estimate of drug-likeness (QED) is 0.836. The van der Waals surface area contributed by atoms with E-state index in [2.05, 4.69) is 10.3 Å². The van der Waals surface area contributed by atoms with Crippen LogP contribution in [0.3, 0.4) is 0 Å². The molecule has 0 aliphatic heterocycles. The fraction of sp³-hybridized carbons (Fsp3) is 0.273. The second-order valence-electron chi connectivity index (χ2n) is 3.39. The van der Waals surface area contributed by atoms with Crippen LogP contribution >= 0.6 is 0 Å². The number of hydrogen-bond donors (Lipinski definition) is 1. The van der Waals surface area contributed by atoms with Crippen LogP contribution in [0.5, 0.6) is 5.75 Å². The molecular formula is C11H13N3O2. The number of hydrogen-bond acceptors (Lipinski definition) is 4. The summed E-state index contributed by atoms with van der Waals surface area (Å²) in [5.41, 5.74) is 2.36. The molecule has 1 aromatic carbocycles. The highest BCUT2D eigenvalue weighted by molar-refractivity contribution is 5.62. The lowest BCUT2D eigenvalue weighted by molar-refractivity contribution is 0.277. The van der Waals surface area contributed by atoms with E-state index in [0.717, 1.165) is 17.0 Å². The van der Waals surface area contributed by atoms with Crippen molar-refractivity contribution in [3.63, 3.8) is 0 Å². The summed E-state index contributed by atoms with van der Waals surface area (Å²) < 4.78 is 6.73. The van der Waals surface area contributed by atoms with E-state index < -0.39 is 0 Å². The molecule has 0 radical (unpaired) electrons. The summed E-state index contributed by atoms with van der Waals surface area (Å²) in [5, 5.41) is 16.9. The van der Waals surface area contributed by atoms with Crippen LogP contribution in [-0.4, -0.2) is 27.2 Å². The average molecular weight is 219 g/mol. The first-order valence-corrected chi connectivity index (χ1v) is 4.90. The lowest BCUT2D eigenvalue weighted by Crippen LogP contribution is -1.95. The molecule has 0 spiro atoms. The molecular weight excluding hydrogens is 206 g/mol. The van der Waals surface area contributed by atoms with Crippen molar-refractivity contribution in [1.29, 1.82) is 0 Å². The third kappa shape index (κ3) is 1.77. The summed E-state index contributed by atoms with van der Waals surface area (Å²) >= 11 is 0. The molecule has 0 saturated heterocycles. The van der Waals surface area contributed by atoms with Gasteiger partial charge in [0, 0.05) is 12.6 Å². The number of aryl methyl sites for hydroxylation is 1. The molecule has 5 heteroatoms. The van der Waals surface area contributed by atoms with Crippen molar-refractivity contribution in [2.24, 2.45) is 7.05 Å². The normalized spacial score (nSPS) is 10.4. The molecule has 84 valence electrons. The molecule has 0 unspecified atom stereocenters. The van der Waals surface area contributed by atoms with Gasteiger partial charge in [0.2, 0.25) is 0 Å². The van der Waals surface area contributed by atoms with E-state index in [4.69, 9.17) is 9.84 Å². The van der Waals surface area contributed by atoms with E-state index in [-0.39, 0.29) is 6.61 Å². The van der Waals surface area contributed by atoms with Crippen molar-refractivity contribution >= 4 is 0 Å². The maximum atomic E-state index is 9.15. The van der Waals surface area contributed by atoms with Gasteiger partial charge in [-0.25, -0.2) is 4.68 Å². The summed E-state index contributed by atoms with van der Waals surface area (Å²) in [5.74, 6) is 0.796. The number of aliphatic hydroxyl groups is 1. The molecule has 0 bridgehead atoms. The predicted octanol–water partition coefficient (Wildman–Crippen LogP) is 0.983. The fourth-order valence-electron chi connectivity index (χ4n) is 1.61. The van der Waals surface area contributed by atoms with Gasteiger partial charge < -0.3 is 9.84 Å². The second kappa shape index (κ2) is 4.32. The van der Waals surface area contributed by atoms with E-state index in [1.165, 1.54) is 0 Å². The zero-order valence-electron chi connectivity index (χ0n) is 9.21. The average Bonchev–Trinajstić information content (AvgIpc) is 2.70. The molecule has 0 aliphatic carbocycles. The molecule has 2 aromatic rings. The zero-order chi connectivity index (χ0) is 11.5. The predicted molar refractivity (Wildman–Crippen MR) is 58.9 cm³/mol. The van der Waals surface area contributed by atoms with E-state index in [0.29, 0.717) is 5.69 Å². The molecule has 16 heavy (non-hydrogen) atoms. The van der Waals surface area contributed by atoms with Crippen molar-refractivity contribution in [2.75, 3.05) is 7.11 Å². The van der Waals surface area contributed by atoms with E-state index in [9.17, 15) is 0 Å². The van der Waals surface area contributed by atoms with Gasteiger partial charge in [-0.2, -0.15) is 0 Å². The number of aromatic nitrogens is 3. The van der Waals surface area contributed by atoms with Crippen LogP contribution in [-0.2, 0) is 13.7 Å². The lowest BCUT2D eigenvalue weighted by Gasteiger charge is -2.04. The van der Waals surface area contributed by atoms with Crippen LogP contribution in [0.15, 0.2) is 24.3 Å². The third-order valence-corrected chi connectivity index (χ3v) is 2.41. The summed E-state index contributed by atoms with van der Waals surface area (Å²) in [7, 11) is 3.42. The molecule has 0 aliphatic rings. The maximum Gasteiger partial charge on any atom is 0.118 e. The van der Waals surface area contributed by atoms with Gasteiger partial charge in [0.15, 0.2) is 0 Å². The Balaban J connectivity index is 2.45. The van der Waals surface area contributed by atoms with Gasteiger partial charge in [0.1, 0.15) is 11.4 Å². The SMILES string of the molecule is COc1ccc(-c2c(CO)nnn2C)cc1. The van der Waals surface area contributed by atoms with Gasteiger partial charge in [-0.05, 0) is 24.3 Å². The minimum absolute atomic E-state index is 0.116. The summed E-state index contributed by atoms with van der Waals surface area (Å²) in [6.45, 7) is -0.116. The Kier molecular flexibility index (Phi) is 2.87. The maximum absolute atomic E-state index is 9.15. The molecule has 5 nitrogen and oxygen atoms in total. The third-order valence-electron chi connectivity index (χ3n) is 2.41. The zero-order valence-corrected chi connectivity index (χ0v) is 9.21. The number of aliphatic hydroxyl groups excluding tert-OH is 1. The Labute approximate surface area is 93.3 Å². The van der Waals surface area contributed by atoms with Gasteiger partial charge in [-0.1, -0.05) is 5.21 Å². The van der Waals surface area contributed by atoms with Crippen molar-refractivity contribution in [3.8, 4) is 17.0 Å². The van der Waals surface area contributed by atoms with Crippen molar-refractivity contribution in [1.82, 2.24) is 15.0 Å². The number of rotatable bonds is 3. The van der Waals surface area contributed by atoms with Gasteiger partial charge in [-0.15, -0.1) is 5.10 Å². The van der Waals surface area contributed by atoms with Gasteiger partial charge >= 0.3 is 0 Å². The monoisotopic (exact) mass is 219 g/mol. The minimum Gasteiger partial charge on any atom is -0.497 e. The highest BCUT2D eigenvalue weighted by Crippen LogP contribution is 2.23. The molecule has 1 aromatic heterocycles. The Morgan fingerprint density at radius 2 is 2.00 bits per heavy atom. The van der Waals surface area contributed by atoms with Gasteiger partial charge in [0.05, 0.1) is 19.4 Å². The molecule has 0 fully saturated rings. The van der Waals surface area contributed by atoms with E-state index >= 15 is 0 Å². The molecule has 1 heterocycles. The number of ether oxygens (including phenoxy) is 1. The first kappa shape index (κ1) is 10.6. The van der Waals surface area contributed by atoms with Crippen LogP contribution < -0.4 is 4.74 Å². The van der Waals surface area contributed by atoms with Crippen molar-refractivity contribution in [3.05, 3.63) is 30.0 Å². The second-order valence-corrected chi connectivity index (χ2v) is 3.39. The summed E-state index contributed by atoms with van der Waals surface area (Å²) in [6.07, 6.45) is 0. The smallest absolute Gasteiger partial charge is 0.118 e. The lowest BCUT2D eigenvalue weighted by atomic mass is 10.1. The fourth-order valence-corrected chi connectivity index (χ4v) is 1.61. The Bertz CT molecular complexity index is 476. The molecule has 0 atom stereocenters. The minimum atomic E-state index is -0.116. The number of methoxy groups -OCH3 is 1. The topological polar surface area (TPSA) is 60.2 Å². The standard InChI is InChI=1S/C11H13N3O2/c1-14-11(10(7-15)12-13-14)8-3-5-9(16-2)6-4-8/h3-6,15H,7H2,1-2H3. The number of benzene rings is 1. The summed E-state index contributed by atoms with van der Waals surface area (Å²) in [6, 6.07) is 7.56. The Morgan fingerprint density at radius 1 is 1.31 bits per heavy atom. The van der Waals surface area contributed by atoms with Gasteiger partial charge in [0.25, 0.3) is 0 Å². The first-order chi connectivity index (χ1) is 7.76. The first-order valence-electron chi connectivity index (χ1n) is 4.90. The Morgan fingerprint density at radius 3 is 2.56 bits per heavy atom. The van der Waals surface area contributed by atoms with E-state index in [1.54, 1.807) is 18.8 Å². The Hall–Kier alpha value is -1.88. The van der Waals surface area contributed by atoms with Crippen molar-refractivity contribution in [2.45, 2.75) is 6.61 Å². The summed E-state index contributed by atoms with van der Waals surface area (Å²) in [4.78, 5) is 0. The molecule has 2 rings (SSSR count). The van der Waals surface area contributed by atoms with Crippen LogP contribution in [0.2, 0.25) is 0 Å². The molecule has 1 N–H and O–H groups in total. The number of nitrogens with zero attached hydrogens (tertiary/aromatic N) is 3. The van der Waals surface area contributed by atoms with Crippen LogP contribution in [0.1, 0.15) is 5.69 Å². The van der Waals surface area contributed by atoms with Crippen molar-refractivity contribution < 1.29 is 9.84 Å². The van der Waals surface area contributed by atoms with Crippen LogP contribution in [0, 0.1) is 0 Å². The highest BCUT2D eigenvalue weighted by atomic mass is 16.5. The largest absolute Gasteiger partial charge is 0.497 e. The van der Waals surface area contributed by atoms with Crippen LogP contribution in [0.25, 0.3) is 11.3 Å². The van der Waals surface area contributed by atoms with Gasteiger partial charge in [-0.3, -0.25) is 0 Å².